The summed E-state index contributed by atoms with van der Waals surface area (Å²) in [6, 6.07) is 6.32. The molecule has 0 spiro atoms. The Kier molecular flexibility index (Phi) is 3.99. The molecule has 0 aliphatic rings. The molecule has 19 heavy (non-hydrogen) atoms. The highest BCUT2D eigenvalue weighted by Crippen LogP contribution is 2.36. The van der Waals surface area contributed by atoms with Gasteiger partial charge >= 0.3 is 0 Å². The van der Waals surface area contributed by atoms with E-state index in [1.54, 1.807) is 7.11 Å². The molecular weight excluding hydrogens is 304 g/mol. The lowest BCUT2D eigenvalue weighted by Gasteiger charge is -2.11. The minimum atomic E-state index is 0.483. The molecule has 0 radical (unpaired) electrons. The number of hydrogen-bond acceptors (Lipinski definition) is 2. The average Bonchev–Trinajstić information content (AvgIpc) is 2.65. The molecule has 0 unspecified atom stereocenters. The van der Waals surface area contributed by atoms with Crippen molar-refractivity contribution in [3.63, 3.8) is 0 Å². The van der Waals surface area contributed by atoms with Crippen molar-refractivity contribution in [1.82, 2.24) is 9.55 Å². The molecule has 0 saturated carbocycles. The van der Waals surface area contributed by atoms with Crippen LogP contribution in [0, 0.1) is 6.92 Å². The van der Waals surface area contributed by atoms with Gasteiger partial charge in [0.2, 0.25) is 0 Å². The van der Waals surface area contributed by atoms with Gasteiger partial charge in [-0.25, -0.2) is 4.98 Å². The third-order valence-electron chi connectivity index (χ3n) is 3.40. The van der Waals surface area contributed by atoms with Gasteiger partial charge in [-0.15, -0.1) is 0 Å². The zero-order valence-electron chi connectivity index (χ0n) is 12.0. The van der Waals surface area contributed by atoms with E-state index in [0.29, 0.717) is 5.92 Å². The summed E-state index contributed by atoms with van der Waals surface area (Å²) in [5.41, 5.74) is 3.21. The predicted molar refractivity (Wildman–Crippen MR) is 81.7 cm³/mol. The van der Waals surface area contributed by atoms with Crippen LogP contribution in [0.25, 0.3) is 11.3 Å². The van der Waals surface area contributed by atoms with Crippen molar-refractivity contribution < 1.29 is 4.74 Å². The highest BCUT2D eigenvalue weighted by Gasteiger charge is 2.16. The Hall–Kier alpha value is -1.29. The number of methoxy groups -OCH3 is 1. The van der Waals surface area contributed by atoms with Crippen LogP contribution in [0.4, 0.5) is 0 Å². The van der Waals surface area contributed by atoms with Crippen molar-refractivity contribution in [2.45, 2.75) is 26.7 Å². The first-order chi connectivity index (χ1) is 8.95. The first kappa shape index (κ1) is 14.1. The molecule has 0 bridgehead atoms. The van der Waals surface area contributed by atoms with Gasteiger partial charge in [0.15, 0.2) is 0 Å². The summed E-state index contributed by atoms with van der Waals surface area (Å²) < 4.78 is 8.52. The van der Waals surface area contributed by atoms with Crippen LogP contribution < -0.4 is 4.74 Å². The number of nitrogens with zero attached hydrogens (tertiary/aromatic N) is 2. The van der Waals surface area contributed by atoms with E-state index in [1.807, 2.05) is 18.5 Å². The lowest BCUT2D eigenvalue weighted by Crippen LogP contribution is -1.94. The van der Waals surface area contributed by atoms with Crippen LogP contribution in [0.3, 0.4) is 0 Å². The maximum Gasteiger partial charge on any atom is 0.128 e. The Morgan fingerprint density at radius 1 is 1.32 bits per heavy atom. The number of rotatable bonds is 3. The maximum absolute atomic E-state index is 5.52. The molecule has 0 aliphatic carbocycles. The predicted octanol–water partition coefficient (Wildman–Crippen LogP) is 4.29. The lowest BCUT2D eigenvalue weighted by atomic mass is 10.00. The largest absolute Gasteiger partial charge is 0.496 e. The topological polar surface area (TPSA) is 27.1 Å². The first-order valence-electron chi connectivity index (χ1n) is 6.32. The van der Waals surface area contributed by atoms with Crippen molar-refractivity contribution >= 4 is 15.9 Å². The Morgan fingerprint density at radius 3 is 2.47 bits per heavy atom. The fourth-order valence-electron chi connectivity index (χ4n) is 2.02. The number of hydrogen-bond donors (Lipinski definition) is 0. The molecule has 102 valence electrons. The number of imidazole rings is 1. The number of aryl methyl sites for hydroxylation is 1. The van der Waals surface area contributed by atoms with Gasteiger partial charge in [0.1, 0.15) is 21.9 Å². The van der Waals surface area contributed by atoms with Crippen molar-refractivity contribution in [3.05, 3.63) is 34.2 Å². The van der Waals surface area contributed by atoms with E-state index in [9.17, 15) is 0 Å². The molecule has 1 aromatic heterocycles. The molecule has 0 amide bonds. The van der Waals surface area contributed by atoms with Crippen LogP contribution in [-0.2, 0) is 7.05 Å². The molecule has 0 atom stereocenters. The van der Waals surface area contributed by atoms with E-state index < -0.39 is 0 Å². The van der Waals surface area contributed by atoms with Crippen molar-refractivity contribution in [2.24, 2.45) is 7.05 Å². The summed E-state index contributed by atoms with van der Waals surface area (Å²) in [5, 5.41) is 0. The lowest BCUT2D eigenvalue weighted by molar-refractivity contribution is 0.415. The number of aromatic nitrogens is 2. The number of benzene rings is 1. The van der Waals surface area contributed by atoms with Crippen LogP contribution in [0.5, 0.6) is 5.75 Å². The van der Waals surface area contributed by atoms with Crippen LogP contribution in [0.15, 0.2) is 22.8 Å². The molecule has 1 heterocycles. The van der Waals surface area contributed by atoms with E-state index in [0.717, 1.165) is 27.4 Å². The Balaban J connectivity index is 2.58. The van der Waals surface area contributed by atoms with Gasteiger partial charge in [-0.1, -0.05) is 19.9 Å². The Labute approximate surface area is 122 Å². The van der Waals surface area contributed by atoms with E-state index in [1.165, 1.54) is 5.56 Å². The molecule has 4 heteroatoms. The molecule has 3 nitrogen and oxygen atoms in total. The fraction of sp³-hybridized carbons (Fsp3) is 0.400. The van der Waals surface area contributed by atoms with Crippen LogP contribution in [-0.4, -0.2) is 16.7 Å². The third-order valence-corrected chi connectivity index (χ3v) is 4.30. The summed E-state index contributed by atoms with van der Waals surface area (Å²) in [6.45, 7) is 6.34. The van der Waals surface area contributed by atoms with Gasteiger partial charge in [-0.2, -0.15) is 0 Å². The summed E-state index contributed by atoms with van der Waals surface area (Å²) in [6.07, 6.45) is 0. The second-order valence-corrected chi connectivity index (χ2v) is 5.72. The number of halogens is 1. The highest BCUT2D eigenvalue weighted by atomic mass is 79.9. The minimum absolute atomic E-state index is 0.483. The van der Waals surface area contributed by atoms with Crippen molar-refractivity contribution in [3.8, 4) is 17.0 Å². The maximum atomic E-state index is 5.52. The Morgan fingerprint density at radius 2 is 2.00 bits per heavy atom. The van der Waals surface area contributed by atoms with Gasteiger partial charge in [-0.05, 0) is 46.5 Å². The van der Waals surface area contributed by atoms with E-state index in [4.69, 9.17) is 4.74 Å². The average molecular weight is 323 g/mol. The molecule has 2 aromatic rings. The molecule has 0 fully saturated rings. The standard InChI is InChI=1S/C15H19BrN2O/c1-9(2)11-6-7-12(13(8-11)19-5)14-15(16)18(4)10(3)17-14/h6-9H,1-5H3. The SMILES string of the molecule is COc1cc(C(C)C)ccc1-c1nc(C)n(C)c1Br. The van der Waals surface area contributed by atoms with Gasteiger partial charge < -0.3 is 9.30 Å². The minimum Gasteiger partial charge on any atom is -0.496 e. The second kappa shape index (κ2) is 5.37. The summed E-state index contributed by atoms with van der Waals surface area (Å²) >= 11 is 3.59. The monoisotopic (exact) mass is 322 g/mol. The smallest absolute Gasteiger partial charge is 0.128 e. The van der Waals surface area contributed by atoms with E-state index >= 15 is 0 Å². The summed E-state index contributed by atoms with van der Waals surface area (Å²) in [7, 11) is 3.69. The molecule has 0 saturated heterocycles. The number of ether oxygens (including phenoxy) is 1. The normalized spacial score (nSPS) is 11.1. The second-order valence-electron chi connectivity index (χ2n) is 4.97. The quantitative estimate of drug-likeness (QED) is 0.842. The molecule has 2 rings (SSSR count). The summed E-state index contributed by atoms with van der Waals surface area (Å²) in [4.78, 5) is 4.60. The highest BCUT2D eigenvalue weighted by molar-refractivity contribution is 9.10. The van der Waals surface area contributed by atoms with E-state index in [-0.39, 0.29) is 0 Å². The van der Waals surface area contributed by atoms with Crippen molar-refractivity contribution in [1.29, 1.82) is 0 Å². The van der Waals surface area contributed by atoms with Crippen LogP contribution >= 0.6 is 15.9 Å². The van der Waals surface area contributed by atoms with Gasteiger partial charge in [0.05, 0.1) is 7.11 Å². The summed E-state index contributed by atoms with van der Waals surface area (Å²) in [5.74, 6) is 2.32. The Bertz CT molecular complexity index is 602. The van der Waals surface area contributed by atoms with Gasteiger partial charge in [-0.3, -0.25) is 0 Å². The fourth-order valence-corrected chi connectivity index (χ4v) is 2.58. The first-order valence-corrected chi connectivity index (χ1v) is 7.12. The van der Waals surface area contributed by atoms with Crippen molar-refractivity contribution in [2.75, 3.05) is 7.11 Å². The zero-order chi connectivity index (χ0) is 14.2. The molecule has 1 aromatic carbocycles. The molecule has 0 aliphatic heterocycles. The van der Waals surface area contributed by atoms with Gasteiger partial charge in [0, 0.05) is 12.6 Å². The molecular formula is C15H19BrN2O. The van der Waals surface area contributed by atoms with Crippen LogP contribution in [0.2, 0.25) is 0 Å². The third kappa shape index (κ3) is 2.54. The zero-order valence-corrected chi connectivity index (χ0v) is 13.6. The van der Waals surface area contributed by atoms with Crippen LogP contribution in [0.1, 0.15) is 31.2 Å². The molecule has 0 N–H and O–H groups in total. The van der Waals surface area contributed by atoms with E-state index in [2.05, 4.69) is 53.0 Å². The van der Waals surface area contributed by atoms with Gasteiger partial charge in [0.25, 0.3) is 0 Å².